The maximum Gasteiger partial charge on any atom is 0.460 e. The van der Waals surface area contributed by atoms with Crippen LogP contribution in [0.3, 0.4) is 0 Å². The Bertz CT molecular complexity index is 552. The molecule has 6 nitrogen and oxygen atoms in total. The summed E-state index contributed by atoms with van der Waals surface area (Å²) in [7, 11) is -6.78. The third kappa shape index (κ3) is 4.52. The molecule has 0 aliphatic carbocycles. The first-order valence-corrected chi connectivity index (χ1v) is 7.95. The maximum atomic E-state index is 13.6. The van der Waals surface area contributed by atoms with Crippen LogP contribution >= 0.6 is 0 Å². The Morgan fingerprint density at radius 1 is 0.769 bits per heavy atom. The van der Waals surface area contributed by atoms with Gasteiger partial charge in [-0.25, -0.2) is 8.42 Å². The van der Waals surface area contributed by atoms with Crippen LogP contribution in [0.2, 0.25) is 0 Å². The number of nitrogens with zero attached hydrogens (tertiary/aromatic N) is 1. The van der Waals surface area contributed by atoms with Gasteiger partial charge in [0, 0.05) is 13.1 Å². The smallest absolute Gasteiger partial charge is 0.395 e. The van der Waals surface area contributed by atoms with Crippen molar-refractivity contribution < 1.29 is 62.9 Å². The van der Waals surface area contributed by atoms with Crippen molar-refractivity contribution in [2.75, 3.05) is 39.5 Å². The summed E-state index contributed by atoms with van der Waals surface area (Å²) in [5.41, 5.74) is 0. The van der Waals surface area contributed by atoms with E-state index in [0.29, 0.717) is 0 Å². The molecule has 0 amide bonds. The van der Waals surface area contributed by atoms with E-state index in [1.54, 1.807) is 0 Å². The molecule has 2 N–H and O–H groups in total. The lowest BCUT2D eigenvalue weighted by atomic mass is 10.1. The number of hydrogen-bond donors (Lipinski definition) is 2. The monoisotopic (exact) mass is 431 g/mol. The number of alkyl halides is 9. The molecule has 0 atom stereocenters. The van der Waals surface area contributed by atoms with E-state index in [1.165, 1.54) is 0 Å². The number of ether oxygens (including phenoxy) is 1. The highest BCUT2D eigenvalue weighted by atomic mass is 32.2. The highest BCUT2D eigenvalue weighted by molar-refractivity contribution is 7.90. The van der Waals surface area contributed by atoms with Gasteiger partial charge in [0.1, 0.15) is 0 Å². The van der Waals surface area contributed by atoms with E-state index in [9.17, 15) is 47.9 Å². The average Bonchev–Trinajstić information content (AvgIpc) is 2.48. The van der Waals surface area contributed by atoms with Gasteiger partial charge in [-0.3, -0.25) is 0 Å². The van der Waals surface area contributed by atoms with E-state index >= 15 is 0 Å². The predicted molar refractivity (Wildman–Crippen MR) is 66.4 cm³/mol. The van der Waals surface area contributed by atoms with Gasteiger partial charge in [0.05, 0.1) is 26.4 Å². The van der Waals surface area contributed by atoms with Gasteiger partial charge in [0.25, 0.3) is 10.0 Å². The second kappa shape index (κ2) is 8.45. The fourth-order valence-corrected chi connectivity index (χ4v) is 2.89. The first kappa shape index (κ1) is 25.2. The van der Waals surface area contributed by atoms with Crippen molar-refractivity contribution >= 4 is 10.0 Å². The number of aliphatic hydroxyl groups excluding tert-OH is 2. The molecule has 0 saturated heterocycles. The Morgan fingerprint density at radius 3 is 1.65 bits per heavy atom. The molecule has 0 aromatic carbocycles. The molecule has 0 unspecified atom stereocenters. The Hall–Kier alpha value is -0.840. The average molecular weight is 431 g/mol. The molecule has 0 aliphatic rings. The first-order valence-electron chi connectivity index (χ1n) is 6.51. The van der Waals surface area contributed by atoms with Gasteiger partial charge >= 0.3 is 23.3 Å². The van der Waals surface area contributed by atoms with E-state index in [1.807, 2.05) is 0 Å². The summed E-state index contributed by atoms with van der Waals surface area (Å²) >= 11 is 0. The molecule has 0 saturated carbocycles. The van der Waals surface area contributed by atoms with Gasteiger partial charge < -0.3 is 14.9 Å². The van der Waals surface area contributed by atoms with E-state index in [0.717, 1.165) is 0 Å². The summed E-state index contributed by atoms with van der Waals surface area (Å²) in [5.74, 6) is -14.7. The van der Waals surface area contributed by atoms with Crippen molar-refractivity contribution in [2.24, 2.45) is 0 Å². The van der Waals surface area contributed by atoms with Gasteiger partial charge in [0.2, 0.25) is 0 Å². The third-order valence-corrected chi connectivity index (χ3v) is 4.80. The van der Waals surface area contributed by atoms with Crippen LogP contribution in [0, 0.1) is 0 Å². The number of halogens is 9. The fraction of sp³-hybridized carbons (Fsp3) is 1.00. The summed E-state index contributed by atoms with van der Waals surface area (Å²) in [6.45, 7) is -5.58. The molecule has 0 radical (unpaired) electrons. The van der Waals surface area contributed by atoms with Crippen molar-refractivity contribution in [3.8, 4) is 0 Å². The van der Waals surface area contributed by atoms with Crippen LogP contribution in [0.25, 0.3) is 0 Å². The zero-order valence-electron chi connectivity index (χ0n) is 12.6. The topological polar surface area (TPSA) is 87.1 Å². The normalized spacial score (nSPS) is 14.9. The molecule has 158 valence electrons. The number of hydrogen-bond acceptors (Lipinski definition) is 5. The molecule has 0 heterocycles. The summed E-state index contributed by atoms with van der Waals surface area (Å²) in [6, 6.07) is 0. The Morgan fingerprint density at radius 2 is 1.27 bits per heavy atom. The standard InChI is InChI=1S/C10H14F9NO5S/c11-7(12,9(15,16)17)8(13,14)10(18,19)26(23,24)20(1-3-21)2-5-25-6-4-22/h21-22H,1-6H2. The summed E-state index contributed by atoms with van der Waals surface area (Å²) in [6.07, 6.45) is -7.17. The van der Waals surface area contributed by atoms with E-state index < -0.39 is 77.1 Å². The van der Waals surface area contributed by atoms with Crippen molar-refractivity contribution in [3.05, 3.63) is 0 Å². The maximum absolute atomic E-state index is 13.6. The van der Waals surface area contributed by atoms with E-state index in [4.69, 9.17) is 10.2 Å². The summed E-state index contributed by atoms with van der Waals surface area (Å²) < 4.78 is 143. The minimum atomic E-state index is -7.37. The van der Waals surface area contributed by atoms with Crippen LogP contribution in [0.4, 0.5) is 39.5 Å². The van der Waals surface area contributed by atoms with Crippen molar-refractivity contribution in [2.45, 2.75) is 23.3 Å². The fourth-order valence-electron chi connectivity index (χ4n) is 1.48. The van der Waals surface area contributed by atoms with Crippen molar-refractivity contribution in [1.82, 2.24) is 4.31 Å². The van der Waals surface area contributed by atoms with Crippen LogP contribution in [0.15, 0.2) is 0 Å². The van der Waals surface area contributed by atoms with Crippen LogP contribution in [-0.2, 0) is 14.8 Å². The number of sulfonamides is 1. The van der Waals surface area contributed by atoms with Gasteiger partial charge in [-0.2, -0.15) is 43.8 Å². The molecule has 0 aliphatic heterocycles. The molecule has 16 heteroatoms. The lowest BCUT2D eigenvalue weighted by molar-refractivity contribution is -0.382. The van der Waals surface area contributed by atoms with Gasteiger partial charge in [-0.15, -0.1) is 0 Å². The second-order valence-corrected chi connectivity index (χ2v) is 6.61. The SMILES string of the molecule is O=S(=O)(N(CCO)CCOCCO)C(F)(F)C(F)(F)C(F)(F)C(F)(F)F. The Balaban J connectivity index is 5.87. The molecule has 0 bridgehead atoms. The lowest BCUT2D eigenvalue weighted by Crippen LogP contribution is -2.65. The van der Waals surface area contributed by atoms with Crippen LogP contribution in [0.5, 0.6) is 0 Å². The molecule has 0 spiro atoms. The first-order chi connectivity index (χ1) is 11.5. The molecule has 0 aromatic rings. The number of rotatable bonds is 11. The molecular formula is C10H14F9NO5S. The molecule has 26 heavy (non-hydrogen) atoms. The zero-order chi connectivity index (χ0) is 21.0. The second-order valence-electron chi connectivity index (χ2n) is 4.63. The van der Waals surface area contributed by atoms with E-state index in [-0.39, 0.29) is 0 Å². The Kier molecular flexibility index (Phi) is 8.18. The van der Waals surface area contributed by atoms with E-state index in [2.05, 4.69) is 4.74 Å². The molecular weight excluding hydrogens is 417 g/mol. The van der Waals surface area contributed by atoms with Gasteiger partial charge in [0.15, 0.2) is 0 Å². The molecule has 0 aromatic heterocycles. The quantitative estimate of drug-likeness (QED) is 0.377. The highest BCUT2D eigenvalue weighted by Gasteiger charge is 2.85. The Labute approximate surface area is 141 Å². The minimum absolute atomic E-state index is 0.439. The molecule has 0 fully saturated rings. The van der Waals surface area contributed by atoms with Gasteiger partial charge in [-0.1, -0.05) is 0 Å². The lowest BCUT2D eigenvalue weighted by Gasteiger charge is -2.35. The molecule has 0 rings (SSSR count). The van der Waals surface area contributed by atoms with Crippen LogP contribution < -0.4 is 0 Å². The van der Waals surface area contributed by atoms with Crippen molar-refractivity contribution in [3.63, 3.8) is 0 Å². The summed E-state index contributed by atoms with van der Waals surface area (Å²) in [4.78, 5) is 0. The predicted octanol–water partition coefficient (Wildman–Crippen LogP) is 1.05. The van der Waals surface area contributed by atoms with Crippen LogP contribution in [0.1, 0.15) is 0 Å². The summed E-state index contributed by atoms with van der Waals surface area (Å²) in [5, 5.41) is 10.1. The largest absolute Gasteiger partial charge is 0.460 e. The third-order valence-electron chi connectivity index (χ3n) is 2.85. The minimum Gasteiger partial charge on any atom is -0.395 e. The highest BCUT2D eigenvalue weighted by Crippen LogP contribution is 2.55. The zero-order valence-corrected chi connectivity index (χ0v) is 13.4. The van der Waals surface area contributed by atoms with Crippen LogP contribution in [-0.4, -0.2) is 85.7 Å². The number of aliphatic hydroxyl groups is 2. The van der Waals surface area contributed by atoms with Crippen molar-refractivity contribution in [1.29, 1.82) is 0 Å². The van der Waals surface area contributed by atoms with Gasteiger partial charge in [-0.05, 0) is 0 Å².